The largest absolute Gasteiger partial charge is 0.471 e. The van der Waals surface area contributed by atoms with Gasteiger partial charge in [0.2, 0.25) is 17.8 Å². The first-order valence-electron chi connectivity index (χ1n) is 19.4. The topological polar surface area (TPSA) is 230 Å². The second-order valence-electron chi connectivity index (χ2n) is 13.9. The lowest BCUT2D eigenvalue weighted by Crippen LogP contribution is -2.41. The van der Waals surface area contributed by atoms with Crippen LogP contribution in [0.4, 0.5) is 24.8 Å². The third-order valence-electron chi connectivity index (χ3n) is 8.71. The molecule has 3 aromatic heterocycles. The van der Waals surface area contributed by atoms with Crippen molar-refractivity contribution in [2.75, 3.05) is 62.9 Å². The van der Waals surface area contributed by atoms with E-state index in [4.69, 9.17) is 14.2 Å². The van der Waals surface area contributed by atoms with E-state index < -0.39 is 42.2 Å². The molecular weight excluding hydrogens is 795 g/mol. The molecule has 4 rings (SSSR count). The predicted octanol–water partition coefficient (Wildman–Crippen LogP) is 2.32. The smallest absolute Gasteiger partial charge is 0.379 e. The van der Waals surface area contributed by atoms with Crippen molar-refractivity contribution < 1.29 is 46.9 Å². The molecule has 0 fully saturated rings. The van der Waals surface area contributed by atoms with Crippen LogP contribution in [0.2, 0.25) is 0 Å². The Balaban J connectivity index is 1.14. The van der Waals surface area contributed by atoms with Gasteiger partial charge in [0.25, 0.3) is 5.56 Å². The number of amides is 3. The third kappa shape index (κ3) is 15.0. The molecule has 0 spiro atoms. The Morgan fingerprint density at radius 3 is 2.23 bits per heavy atom. The number of nitrogens with zero attached hydrogens (tertiary/aromatic N) is 8. The average Bonchev–Trinajstić information content (AvgIpc) is 3.64. The average molecular weight is 848 g/mol. The number of fused-ring (bicyclic) bond motifs is 1. The minimum atomic E-state index is -5.25. The van der Waals surface area contributed by atoms with E-state index in [-0.39, 0.29) is 47.4 Å². The van der Waals surface area contributed by atoms with Gasteiger partial charge >= 0.3 is 12.1 Å². The molecule has 328 valence electrons. The van der Waals surface area contributed by atoms with Crippen LogP contribution in [0, 0.1) is 12.8 Å². The van der Waals surface area contributed by atoms with E-state index in [2.05, 4.69) is 41.2 Å². The quantitative estimate of drug-likeness (QED) is 0.0555. The Morgan fingerprint density at radius 1 is 0.933 bits per heavy atom. The molecule has 60 heavy (non-hydrogen) atoms. The zero-order valence-electron chi connectivity index (χ0n) is 34.0. The highest BCUT2D eigenvalue weighted by Gasteiger charge is 2.43. The fraction of sp³-hybridized carbons (Fsp3) is 0.553. The fourth-order valence-corrected chi connectivity index (χ4v) is 5.42. The van der Waals surface area contributed by atoms with Crippen molar-refractivity contribution in [2.24, 2.45) is 13.0 Å². The van der Waals surface area contributed by atoms with Crippen LogP contribution in [-0.4, -0.2) is 116 Å². The minimum absolute atomic E-state index is 0.0863. The van der Waals surface area contributed by atoms with Gasteiger partial charge in [0.05, 0.1) is 50.6 Å². The van der Waals surface area contributed by atoms with Crippen LogP contribution in [0.1, 0.15) is 62.7 Å². The molecule has 0 aliphatic heterocycles. The number of benzene rings is 1. The molecule has 0 aliphatic carbocycles. The number of aliphatic hydroxyl groups is 1. The van der Waals surface area contributed by atoms with Crippen LogP contribution in [-0.2, 0) is 48.7 Å². The molecule has 1 aromatic carbocycles. The van der Waals surface area contributed by atoms with Gasteiger partial charge in [-0.15, -0.1) is 5.10 Å². The lowest BCUT2D eigenvalue weighted by Gasteiger charge is -2.24. The lowest BCUT2D eigenvalue weighted by atomic mass is 10.1. The molecule has 19 nitrogen and oxygen atoms in total. The molecule has 0 aliphatic rings. The number of hydrogen-bond acceptors (Lipinski definition) is 14. The molecule has 0 bridgehead atoms. The number of aryl methyl sites for hydroxylation is 2. The number of hydrogen-bond donors (Lipinski definition) is 4. The number of aliphatic hydroxyl groups excluding tert-OH is 1. The van der Waals surface area contributed by atoms with Crippen molar-refractivity contribution in [2.45, 2.75) is 71.9 Å². The van der Waals surface area contributed by atoms with Crippen LogP contribution >= 0.6 is 0 Å². The molecule has 4 N–H and O–H groups in total. The number of ether oxygens (including phenoxy) is 3. The molecule has 1 atom stereocenters. The normalized spacial score (nSPS) is 12.2. The summed E-state index contributed by atoms with van der Waals surface area (Å²) in [7, 11) is 1.34. The number of nitrogens with one attached hydrogen (secondary N) is 3. The molecule has 3 heterocycles. The highest BCUT2D eigenvalue weighted by atomic mass is 19.4. The molecule has 22 heteroatoms. The van der Waals surface area contributed by atoms with Crippen LogP contribution in [0.3, 0.4) is 0 Å². The Bertz CT molecular complexity index is 2060. The van der Waals surface area contributed by atoms with Crippen LogP contribution < -0.4 is 26.4 Å². The first-order valence-corrected chi connectivity index (χ1v) is 19.4. The summed E-state index contributed by atoms with van der Waals surface area (Å²) >= 11 is 0. The van der Waals surface area contributed by atoms with Crippen LogP contribution in [0.15, 0.2) is 41.5 Å². The Labute approximate surface area is 344 Å². The van der Waals surface area contributed by atoms with E-state index in [1.807, 2.05) is 13.1 Å². The summed E-state index contributed by atoms with van der Waals surface area (Å²) in [5.41, 5.74) is -0.261. The van der Waals surface area contributed by atoms with E-state index in [9.17, 15) is 37.5 Å². The van der Waals surface area contributed by atoms with Crippen molar-refractivity contribution in [3.8, 4) is 0 Å². The molecule has 4 aromatic rings. The molecule has 0 radical (unpaired) electrons. The van der Waals surface area contributed by atoms with Crippen molar-refractivity contribution >= 4 is 40.5 Å². The van der Waals surface area contributed by atoms with Crippen molar-refractivity contribution in [3.63, 3.8) is 0 Å². The maximum atomic E-state index is 13.7. The Morgan fingerprint density at radius 2 is 1.60 bits per heavy atom. The zero-order chi connectivity index (χ0) is 43.7. The van der Waals surface area contributed by atoms with Gasteiger partial charge in [-0.25, -0.2) is 9.97 Å². The summed E-state index contributed by atoms with van der Waals surface area (Å²) in [5.74, 6) is -3.25. The molecule has 0 saturated heterocycles. The summed E-state index contributed by atoms with van der Waals surface area (Å²) in [6, 6.07) is 5.16. The summed E-state index contributed by atoms with van der Waals surface area (Å²) < 4.78 is 60.5. The number of carbonyl (C=O) groups is 3. The third-order valence-corrected chi connectivity index (χ3v) is 8.71. The summed E-state index contributed by atoms with van der Waals surface area (Å²) in [5, 5.41) is 26.7. The van der Waals surface area contributed by atoms with E-state index in [0.717, 1.165) is 29.4 Å². The monoisotopic (exact) mass is 847 g/mol. The van der Waals surface area contributed by atoms with Gasteiger partial charge in [-0.1, -0.05) is 31.2 Å². The van der Waals surface area contributed by atoms with E-state index in [1.165, 1.54) is 31.3 Å². The molecule has 0 saturated carbocycles. The summed E-state index contributed by atoms with van der Waals surface area (Å²) in [6.45, 7) is 8.79. The highest BCUT2D eigenvalue weighted by molar-refractivity contribution is 5.97. The number of rotatable bonds is 25. The van der Waals surface area contributed by atoms with Gasteiger partial charge in [-0.2, -0.15) is 18.2 Å². The van der Waals surface area contributed by atoms with E-state index in [0.29, 0.717) is 69.5 Å². The van der Waals surface area contributed by atoms with Gasteiger partial charge in [-0.05, 0) is 50.4 Å². The van der Waals surface area contributed by atoms with Gasteiger partial charge in [0, 0.05) is 57.6 Å². The molecular formula is C38H52F3N11O8. The Hall–Kier alpha value is -5.42. The van der Waals surface area contributed by atoms with Gasteiger partial charge in [0.1, 0.15) is 6.23 Å². The first-order chi connectivity index (χ1) is 28.6. The Kier molecular flexibility index (Phi) is 18.4. The van der Waals surface area contributed by atoms with Crippen molar-refractivity contribution in [1.82, 2.24) is 45.1 Å². The van der Waals surface area contributed by atoms with Crippen molar-refractivity contribution in [3.05, 3.63) is 64.0 Å². The van der Waals surface area contributed by atoms with Gasteiger partial charge in [0.15, 0.2) is 11.2 Å². The maximum Gasteiger partial charge on any atom is 0.471 e. The number of alkyl halides is 3. The van der Waals surface area contributed by atoms with Crippen LogP contribution in [0.25, 0.3) is 11.2 Å². The second-order valence-corrected chi connectivity index (χ2v) is 13.9. The number of aromatic nitrogens is 7. The van der Waals surface area contributed by atoms with Gasteiger partial charge in [-0.3, -0.25) is 44.0 Å². The van der Waals surface area contributed by atoms with Crippen LogP contribution in [0.5, 0.6) is 0 Å². The second kappa shape index (κ2) is 23.4. The SMILES string of the molecule is Cc1cn(CCCOCCOCCOCCCNC(=O)CCCNC(O)c2ccc(N(Cc3cnc4nc(NC(=O)C(C)C)n(C)c(=O)c4n3)C(=O)C(F)(F)F)cc2)nn1. The minimum Gasteiger partial charge on any atom is -0.379 e. The predicted molar refractivity (Wildman–Crippen MR) is 211 cm³/mol. The summed E-state index contributed by atoms with van der Waals surface area (Å²) in [6.07, 6.45) is -1.46. The first kappa shape index (κ1) is 47.3. The highest BCUT2D eigenvalue weighted by Crippen LogP contribution is 2.27. The standard InChI is InChI=1S/C38H52F3N11O8/c1-25(2)33(54)47-37-46-32-31(35(56)50(37)4)45-28(22-44-32)24-52(36(57)38(39,40)41)29-11-9-27(10-12-29)34(55)43-13-5-8-30(53)42-14-6-16-58-18-20-60-21-19-59-17-7-15-51-23-26(3)48-49-51/h9-12,22-23,25,34,43,55H,5-8,13-21,24H2,1-4H3,(H,42,53)(H,44,46,47,54). The number of carbonyl (C=O) groups excluding carboxylic acids is 3. The summed E-state index contributed by atoms with van der Waals surface area (Å²) in [4.78, 5) is 62.7. The lowest BCUT2D eigenvalue weighted by molar-refractivity contribution is -0.170. The van der Waals surface area contributed by atoms with E-state index in [1.54, 1.807) is 18.5 Å². The molecule has 3 amide bonds. The molecule has 1 unspecified atom stereocenters. The number of anilines is 2. The van der Waals surface area contributed by atoms with Crippen molar-refractivity contribution in [1.29, 1.82) is 0 Å². The number of halogens is 3. The fourth-order valence-electron chi connectivity index (χ4n) is 5.42. The maximum absolute atomic E-state index is 13.7. The van der Waals surface area contributed by atoms with Gasteiger partial charge < -0.3 is 24.6 Å². The van der Waals surface area contributed by atoms with E-state index >= 15 is 0 Å². The zero-order valence-corrected chi connectivity index (χ0v) is 34.0.